The van der Waals surface area contributed by atoms with Crippen molar-refractivity contribution in [2.45, 2.75) is 25.0 Å². The highest BCUT2D eigenvalue weighted by Gasteiger charge is 2.21. The number of piperazine rings is 1. The maximum Gasteiger partial charge on any atom is 0.0900 e. The molecule has 0 aliphatic carbocycles. The number of para-hydroxylation sites is 1. The number of hydrogen-bond donors (Lipinski definition) is 1. The summed E-state index contributed by atoms with van der Waals surface area (Å²) in [5, 5.41) is 11.0. The van der Waals surface area contributed by atoms with E-state index in [0.717, 1.165) is 56.3 Å². The molecule has 1 aromatic carbocycles. The molecule has 24 heavy (non-hydrogen) atoms. The Balaban J connectivity index is 1.35. The quantitative estimate of drug-likeness (QED) is 0.811. The Labute approximate surface area is 149 Å². The minimum atomic E-state index is -0.446. The minimum absolute atomic E-state index is 0.219. The van der Waals surface area contributed by atoms with Gasteiger partial charge in [0.2, 0.25) is 0 Å². The maximum atomic E-state index is 10.2. The number of hydrogen-bond acceptors (Lipinski definition) is 5. The van der Waals surface area contributed by atoms with Gasteiger partial charge in [-0.15, -0.1) is 0 Å². The van der Waals surface area contributed by atoms with Gasteiger partial charge in [-0.3, -0.25) is 4.90 Å². The Kier molecular flexibility index (Phi) is 6.75. The fraction of sp³-hybridized carbons (Fsp3) is 0.667. The first-order valence-electron chi connectivity index (χ1n) is 8.81. The number of aliphatic hydroxyl groups excluding tert-OH is 1. The maximum absolute atomic E-state index is 10.2. The molecule has 6 heteroatoms. The smallest absolute Gasteiger partial charge is 0.0900 e. The zero-order valence-electron chi connectivity index (χ0n) is 14.1. The summed E-state index contributed by atoms with van der Waals surface area (Å²) in [5.41, 5.74) is 1.10. The first-order chi connectivity index (χ1) is 11.7. The molecule has 0 saturated carbocycles. The summed E-state index contributed by atoms with van der Waals surface area (Å²) in [6, 6.07) is 7.96. The highest BCUT2D eigenvalue weighted by Crippen LogP contribution is 2.26. The summed E-state index contributed by atoms with van der Waals surface area (Å²) in [7, 11) is 0. The van der Waals surface area contributed by atoms with E-state index in [1.54, 1.807) is 0 Å². The lowest BCUT2D eigenvalue weighted by Crippen LogP contribution is -2.49. The van der Waals surface area contributed by atoms with Crippen molar-refractivity contribution in [3.8, 4) is 0 Å². The summed E-state index contributed by atoms with van der Waals surface area (Å²) in [5.74, 6) is 0. The molecule has 1 aromatic rings. The second-order valence-corrected chi connectivity index (χ2v) is 6.97. The van der Waals surface area contributed by atoms with Crippen molar-refractivity contribution in [3.63, 3.8) is 0 Å². The van der Waals surface area contributed by atoms with E-state index in [4.69, 9.17) is 21.1 Å². The van der Waals surface area contributed by atoms with Crippen LogP contribution in [0.4, 0.5) is 5.69 Å². The van der Waals surface area contributed by atoms with Crippen molar-refractivity contribution in [2.75, 3.05) is 57.4 Å². The average Bonchev–Trinajstić information content (AvgIpc) is 3.10. The van der Waals surface area contributed by atoms with Crippen LogP contribution in [0.2, 0.25) is 5.02 Å². The van der Waals surface area contributed by atoms with Gasteiger partial charge in [-0.25, -0.2) is 0 Å². The van der Waals surface area contributed by atoms with Crippen molar-refractivity contribution in [3.05, 3.63) is 29.3 Å². The van der Waals surface area contributed by atoms with E-state index in [9.17, 15) is 5.11 Å². The van der Waals surface area contributed by atoms with Crippen molar-refractivity contribution in [2.24, 2.45) is 0 Å². The van der Waals surface area contributed by atoms with Gasteiger partial charge in [-0.2, -0.15) is 0 Å². The normalized spacial score (nSPS) is 23.6. The van der Waals surface area contributed by atoms with Crippen molar-refractivity contribution < 1.29 is 14.6 Å². The highest BCUT2D eigenvalue weighted by molar-refractivity contribution is 6.33. The lowest BCUT2D eigenvalue weighted by Gasteiger charge is -2.37. The number of anilines is 1. The minimum Gasteiger partial charge on any atom is -0.389 e. The third-order valence-corrected chi connectivity index (χ3v) is 4.99. The second-order valence-electron chi connectivity index (χ2n) is 6.57. The standard InChI is InChI=1S/C18H27ClN2O3/c19-17-5-1-2-6-18(17)21-9-7-20(8-10-21)12-15(22)13-23-14-16-4-3-11-24-16/h1-2,5-6,15-16,22H,3-4,7-14H2. The predicted octanol–water partition coefficient (Wildman–Crippen LogP) is 2.02. The van der Waals surface area contributed by atoms with E-state index in [2.05, 4.69) is 15.9 Å². The molecule has 2 fully saturated rings. The summed E-state index contributed by atoms with van der Waals surface area (Å²) in [6.07, 6.45) is 1.96. The number of halogens is 1. The third-order valence-electron chi connectivity index (χ3n) is 4.67. The van der Waals surface area contributed by atoms with Gasteiger partial charge >= 0.3 is 0 Å². The SMILES string of the molecule is OC(COCC1CCCO1)CN1CCN(c2ccccc2Cl)CC1. The predicted molar refractivity (Wildman–Crippen MR) is 95.9 cm³/mol. The van der Waals surface area contributed by atoms with E-state index in [0.29, 0.717) is 19.8 Å². The molecule has 2 aliphatic rings. The first kappa shape index (κ1) is 18.0. The molecule has 2 heterocycles. The molecule has 0 amide bonds. The van der Waals surface area contributed by atoms with Crippen LogP contribution in [0.3, 0.4) is 0 Å². The average molecular weight is 355 g/mol. The summed E-state index contributed by atoms with van der Waals surface area (Å²) >= 11 is 6.27. The molecular formula is C18H27ClN2O3. The van der Waals surface area contributed by atoms with Crippen LogP contribution in [0.1, 0.15) is 12.8 Å². The molecule has 3 rings (SSSR count). The molecular weight excluding hydrogens is 328 g/mol. The first-order valence-corrected chi connectivity index (χ1v) is 9.19. The van der Waals surface area contributed by atoms with Crippen LogP contribution < -0.4 is 4.90 Å². The Morgan fingerprint density at radius 1 is 1.25 bits per heavy atom. The summed E-state index contributed by atoms with van der Waals surface area (Å²) in [4.78, 5) is 4.59. The Bertz CT molecular complexity index is 503. The monoisotopic (exact) mass is 354 g/mol. The summed E-state index contributed by atoms with van der Waals surface area (Å²) in [6.45, 7) is 6.17. The zero-order valence-corrected chi connectivity index (χ0v) is 14.8. The van der Waals surface area contributed by atoms with Crippen LogP contribution in [-0.2, 0) is 9.47 Å². The molecule has 1 N–H and O–H groups in total. The van der Waals surface area contributed by atoms with Crippen molar-refractivity contribution in [1.29, 1.82) is 0 Å². The van der Waals surface area contributed by atoms with Crippen molar-refractivity contribution >= 4 is 17.3 Å². The van der Waals surface area contributed by atoms with Gasteiger partial charge in [0.05, 0.1) is 36.1 Å². The molecule has 2 atom stereocenters. The van der Waals surface area contributed by atoms with E-state index < -0.39 is 6.10 Å². The molecule has 2 unspecified atom stereocenters. The van der Waals surface area contributed by atoms with E-state index in [1.807, 2.05) is 18.2 Å². The topological polar surface area (TPSA) is 45.2 Å². The molecule has 5 nitrogen and oxygen atoms in total. The Hall–Kier alpha value is -0.850. The van der Waals surface area contributed by atoms with Gasteiger partial charge < -0.3 is 19.5 Å². The fourth-order valence-electron chi connectivity index (χ4n) is 3.34. The number of β-amino-alcohol motifs (C(OH)–C–C–N with tert-alkyl or cyclic N) is 1. The van der Waals surface area contributed by atoms with Gasteiger partial charge in [0.15, 0.2) is 0 Å². The van der Waals surface area contributed by atoms with Crippen LogP contribution in [0.15, 0.2) is 24.3 Å². The molecule has 0 radical (unpaired) electrons. The molecule has 2 aliphatic heterocycles. The molecule has 2 saturated heterocycles. The Morgan fingerprint density at radius 3 is 2.75 bits per heavy atom. The van der Waals surface area contributed by atoms with Crippen LogP contribution in [0.25, 0.3) is 0 Å². The van der Waals surface area contributed by atoms with Crippen LogP contribution in [0.5, 0.6) is 0 Å². The molecule has 0 aromatic heterocycles. The number of rotatable bonds is 7. The van der Waals surface area contributed by atoms with Crippen LogP contribution in [0, 0.1) is 0 Å². The lowest BCUT2D eigenvalue weighted by atomic mass is 10.2. The fourth-order valence-corrected chi connectivity index (χ4v) is 3.60. The van der Waals surface area contributed by atoms with Gasteiger partial charge in [-0.1, -0.05) is 23.7 Å². The number of benzene rings is 1. The van der Waals surface area contributed by atoms with Crippen LogP contribution >= 0.6 is 11.6 Å². The van der Waals surface area contributed by atoms with Gasteiger partial charge in [0, 0.05) is 39.3 Å². The molecule has 0 spiro atoms. The van der Waals surface area contributed by atoms with Crippen LogP contribution in [-0.4, -0.2) is 74.8 Å². The van der Waals surface area contributed by atoms with Gasteiger partial charge in [0.1, 0.15) is 0 Å². The summed E-state index contributed by atoms with van der Waals surface area (Å²) < 4.78 is 11.1. The lowest BCUT2D eigenvalue weighted by molar-refractivity contribution is -0.0254. The second kappa shape index (κ2) is 9.02. The molecule has 0 bridgehead atoms. The van der Waals surface area contributed by atoms with E-state index >= 15 is 0 Å². The highest BCUT2D eigenvalue weighted by atomic mass is 35.5. The van der Waals surface area contributed by atoms with E-state index in [-0.39, 0.29) is 6.10 Å². The largest absolute Gasteiger partial charge is 0.389 e. The van der Waals surface area contributed by atoms with E-state index in [1.165, 1.54) is 0 Å². The van der Waals surface area contributed by atoms with Crippen molar-refractivity contribution in [1.82, 2.24) is 4.90 Å². The Morgan fingerprint density at radius 2 is 2.04 bits per heavy atom. The van der Waals surface area contributed by atoms with Gasteiger partial charge in [-0.05, 0) is 25.0 Å². The number of nitrogens with zero attached hydrogens (tertiary/aromatic N) is 2. The molecule has 134 valence electrons. The van der Waals surface area contributed by atoms with Gasteiger partial charge in [0.25, 0.3) is 0 Å². The third kappa shape index (κ3) is 5.07. The number of aliphatic hydroxyl groups is 1. The zero-order chi connectivity index (χ0) is 16.8. The number of ether oxygens (including phenoxy) is 2.